The van der Waals surface area contributed by atoms with Gasteiger partial charge >= 0.3 is 0 Å². The van der Waals surface area contributed by atoms with Crippen LogP contribution in [0.2, 0.25) is 0 Å². The van der Waals surface area contributed by atoms with Crippen molar-refractivity contribution in [1.82, 2.24) is 29.1 Å². The zero-order valence-corrected chi connectivity index (χ0v) is 45.5. The second kappa shape index (κ2) is 18.8. The first-order valence-corrected chi connectivity index (χ1v) is 27.0. The molecule has 378 valence electrons. The van der Waals surface area contributed by atoms with Crippen LogP contribution in [0, 0.1) is 13.8 Å². The van der Waals surface area contributed by atoms with E-state index in [1.807, 2.05) is 12.4 Å². The Morgan fingerprint density at radius 3 is 1.23 bits per heavy atom. The Hall–Kier alpha value is -9.26. The minimum atomic E-state index is -0.0841. The zero-order chi connectivity index (χ0) is 53.5. The van der Waals surface area contributed by atoms with Crippen LogP contribution in [0.15, 0.2) is 219 Å². The van der Waals surface area contributed by atoms with Crippen molar-refractivity contribution in [3.8, 4) is 78.9 Å². The molecule has 0 amide bonds. The Balaban J connectivity index is 1.11. The summed E-state index contributed by atoms with van der Waals surface area (Å²) in [4.78, 5) is 21.2. The molecular formula is C72H60N6. The number of benzene rings is 9. The van der Waals surface area contributed by atoms with Gasteiger partial charge in [-0.1, -0.05) is 174 Å². The van der Waals surface area contributed by atoms with Crippen molar-refractivity contribution in [3.63, 3.8) is 0 Å². The third-order valence-corrected chi connectivity index (χ3v) is 15.4. The summed E-state index contributed by atoms with van der Waals surface area (Å²) in [5.74, 6) is 1.85. The van der Waals surface area contributed by atoms with Gasteiger partial charge in [0, 0.05) is 61.8 Å². The van der Waals surface area contributed by atoms with Crippen LogP contribution in [0.25, 0.3) is 123 Å². The van der Waals surface area contributed by atoms with E-state index >= 15 is 0 Å². The van der Waals surface area contributed by atoms with Crippen molar-refractivity contribution in [1.29, 1.82) is 0 Å². The molecule has 0 aliphatic heterocycles. The average molecular weight is 1010 g/mol. The van der Waals surface area contributed by atoms with Crippen molar-refractivity contribution in [2.24, 2.45) is 0 Å². The fraction of sp³-hybridized carbons (Fsp3) is 0.139. The Labute approximate surface area is 456 Å². The smallest absolute Gasteiger partial charge is 0.164 e. The van der Waals surface area contributed by atoms with E-state index in [1.165, 1.54) is 43.8 Å². The topological polar surface area (TPSA) is 61.4 Å². The summed E-state index contributed by atoms with van der Waals surface area (Å²) >= 11 is 0. The predicted molar refractivity (Wildman–Crippen MR) is 326 cm³/mol. The van der Waals surface area contributed by atoms with Gasteiger partial charge in [0.05, 0.1) is 33.4 Å². The fourth-order valence-electron chi connectivity index (χ4n) is 11.4. The van der Waals surface area contributed by atoms with Gasteiger partial charge in [-0.3, -0.25) is 4.98 Å². The maximum Gasteiger partial charge on any atom is 0.164 e. The molecule has 9 aromatic carbocycles. The van der Waals surface area contributed by atoms with E-state index in [2.05, 4.69) is 271 Å². The third-order valence-electron chi connectivity index (χ3n) is 15.4. The van der Waals surface area contributed by atoms with Gasteiger partial charge in [-0.2, -0.15) is 0 Å². The van der Waals surface area contributed by atoms with Gasteiger partial charge in [0.1, 0.15) is 0 Å². The van der Waals surface area contributed by atoms with Gasteiger partial charge < -0.3 is 9.13 Å². The molecule has 6 heteroatoms. The predicted octanol–water partition coefficient (Wildman–Crippen LogP) is 18.7. The molecule has 0 fully saturated rings. The Morgan fingerprint density at radius 1 is 0.321 bits per heavy atom. The van der Waals surface area contributed by atoms with Gasteiger partial charge in [-0.25, -0.2) is 15.0 Å². The number of aryl methyl sites for hydroxylation is 2. The molecule has 4 aromatic heterocycles. The molecule has 6 nitrogen and oxygen atoms in total. The molecule has 0 aliphatic rings. The van der Waals surface area contributed by atoms with E-state index in [4.69, 9.17) is 19.9 Å². The molecule has 13 rings (SSSR count). The van der Waals surface area contributed by atoms with Crippen molar-refractivity contribution in [3.05, 3.63) is 241 Å². The van der Waals surface area contributed by atoms with E-state index in [-0.39, 0.29) is 10.8 Å². The highest BCUT2D eigenvalue weighted by molar-refractivity contribution is 6.13. The summed E-state index contributed by atoms with van der Waals surface area (Å²) in [6.07, 6.45) is 3.94. The molecular weight excluding hydrogens is 949 g/mol. The lowest BCUT2D eigenvalue weighted by Gasteiger charge is -2.22. The minimum absolute atomic E-state index is 0.0841. The molecule has 0 aliphatic carbocycles. The van der Waals surface area contributed by atoms with Gasteiger partial charge in [0.15, 0.2) is 17.5 Å². The first kappa shape index (κ1) is 48.4. The molecule has 0 saturated heterocycles. The minimum Gasteiger partial charge on any atom is -0.309 e. The van der Waals surface area contributed by atoms with E-state index in [0.29, 0.717) is 17.5 Å². The normalized spacial score (nSPS) is 12.1. The van der Waals surface area contributed by atoms with Crippen LogP contribution in [0.4, 0.5) is 0 Å². The van der Waals surface area contributed by atoms with E-state index in [0.717, 1.165) is 83.5 Å². The Morgan fingerprint density at radius 2 is 0.744 bits per heavy atom. The standard InChI is InChI=1S/C72H60N6/c1-45-35-52(39-54(37-45)71(3,4)5)69-74-68(75-70(76-69)53-36-46(2)38-55(40-53)72(6,7)8)51-29-32-66(60(43-51)61-44-73-34-33-67(61)77-62-25-17-15-23-56(62)57-24-16-18-26-63(57)77)78-64-30-27-49(47-19-11-9-12-20-47)41-58(64)59-42-50(28-31-65(59)78)48-21-13-10-14-22-48/h9-44H,1-8H3. The monoisotopic (exact) mass is 1010 g/mol. The summed E-state index contributed by atoms with van der Waals surface area (Å²) in [7, 11) is 0. The number of hydrogen-bond acceptors (Lipinski definition) is 4. The number of pyridine rings is 1. The van der Waals surface area contributed by atoms with Crippen LogP contribution in [0.5, 0.6) is 0 Å². The lowest BCUT2D eigenvalue weighted by molar-refractivity contribution is 0.589. The molecule has 0 unspecified atom stereocenters. The molecule has 0 radical (unpaired) electrons. The summed E-state index contributed by atoms with van der Waals surface area (Å²) in [5, 5.41) is 4.72. The zero-order valence-electron chi connectivity index (χ0n) is 45.5. The maximum absolute atomic E-state index is 5.47. The van der Waals surface area contributed by atoms with Crippen molar-refractivity contribution in [2.75, 3.05) is 0 Å². The van der Waals surface area contributed by atoms with Crippen LogP contribution >= 0.6 is 0 Å². The van der Waals surface area contributed by atoms with E-state index in [1.54, 1.807) is 0 Å². The highest BCUT2D eigenvalue weighted by Crippen LogP contribution is 2.44. The highest BCUT2D eigenvalue weighted by Gasteiger charge is 2.25. The van der Waals surface area contributed by atoms with Gasteiger partial charge in [-0.05, 0) is 143 Å². The van der Waals surface area contributed by atoms with Crippen molar-refractivity contribution < 1.29 is 0 Å². The Bertz CT molecular complexity index is 4240. The molecule has 0 N–H and O–H groups in total. The molecule has 4 heterocycles. The largest absolute Gasteiger partial charge is 0.309 e. The fourth-order valence-corrected chi connectivity index (χ4v) is 11.4. The summed E-state index contributed by atoms with van der Waals surface area (Å²) in [6.45, 7) is 17.9. The average Bonchev–Trinajstić information content (AvgIpc) is 4.00. The molecule has 0 bridgehead atoms. The van der Waals surface area contributed by atoms with Gasteiger partial charge in [-0.15, -0.1) is 0 Å². The number of para-hydroxylation sites is 2. The van der Waals surface area contributed by atoms with Crippen LogP contribution in [0.3, 0.4) is 0 Å². The number of fused-ring (bicyclic) bond motifs is 6. The highest BCUT2D eigenvalue weighted by atomic mass is 15.0. The number of nitrogens with zero attached hydrogens (tertiary/aromatic N) is 6. The quantitative estimate of drug-likeness (QED) is 0.152. The maximum atomic E-state index is 5.47. The number of rotatable bonds is 8. The molecule has 0 atom stereocenters. The van der Waals surface area contributed by atoms with Crippen LogP contribution < -0.4 is 0 Å². The van der Waals surface area contributed by atoms with Gasteiger partial charge in [0.25, 0.3) is 0 Å². The Kier molecular flexibility index (Phi) is 11.7. The molecule has 0 spiro atoms. The van der Waals surface area contributed by atoms with Crippen LogP contribution in [-0.2, 0) is 10.8 Å². The number of hydrogen-bond donors (Lipinski definition) is 0. The lowest BCUT2D eigenvalue weighted by atomic mass is 9.85. The number of aromatic nitrogens is 6. The second-order valence-electron chi connectivity index (χ2n) is 23.0. The van der Waals surface area contributed by atoms with Crippen LogP contribution in [-0.4, -0.2) is 29.1 Å². The summed E-state index contributed by atoms with van der Waals surface area (Å²) in [6, 6.07) is 74.9. The first-order valence-electron chi connectivity index (χ1n) is 27.0. The molecule has 78 heavy (non-hydrogen) atoms. The third kappa shape index (κ3) is 8.64. The van der Waals surface area contributed by atoms with Crippen molar-refractivity contribution >= 4 is 43.6 Å². The van der Waals surface area contributed by atoms with Crippen molar-refractivity contribution in [2.45, 2.75) is 66.2 Å². The van der Waals surface area contributed by atoms with E-state index in [9.17, 15) is 0 Å². The molecule has 13 aromatic rings. The summed E-state index contributed by atoms with van der Waals surface area (Å²) < 4.78 is 4.85. The lowest BCUT2D eigenvalue weighted by Crippen LogP contribution is -2.12. The van der Waals surface area contributed by atoms with E-state index < -0.39 is 0 Å². The summed E-state index contributed by atoms with van der Waals surface area (Å²) in [5.41, 5.74) is 20.5. The second-order valence-corrected chi connectivity index (χ2v) is 23.0. The van der Waals surface area contributed by atoms with Crippen LogP contribution in [0.1, 0.15) is 63.8 Å². The molecule has 0 saturated carbocycles. The first-order chi connectivity index (χ1) is 37.7. The van der Waals surface area contributed by atoms with Gasteiger partial charge in [0.2, 0.25) is 0 Å². The SMILES string of the molecule is Cc1cc(-c2nc(-c3cc(C)cc(C(C)(C)C)c3)nc(-c3ccc(-n4c5ccc(-c6ccccc6)cc5c5cc(-c6ccccc6)ccc54)c(-c4cnccc4-n4c5ccccc5c5ccccc54)c3)n2)cc(C(C)(C)C)c1.